The first-order chi connectivity index (χ1) is 17.3. The number of aryl methyl sites for hydroxylation is 2. The third-order valence-electron chi connectivity index (χ3n) is 5.37. The highest BCUT2D eigenvalue weighted by Gasteiger charge is 2.37. The molecule has 0 aromatic heterocycles. The fourth-order valence-electron chi connectivity index (χ4n) is 3.66. The van der Waals surface area contributed by atoms with Crippen LogP contribution in [-0.2, 0) is 19.1 Å². The molecule has 2 rings (SSSR count). The van der Waals surface area contributed by atoms with Crippen LogP contribution in [0.1, 0.15) is 49.9 Å². The first-order valence-electron chi connectivity index (χ1n) is 11.9. The van der Waals surface area contributed by atoms with Gasteiger partial charge in [-0.25, -0.2) is 4.79 Å². The number of primary amides is 1. The predicted molar refractivity (Wildman–Crippen MR) is 139 cm³/mol. The van der Waals surface area contributed by atoms with Crippen LogP contribution in [0.25, 0.3) is 0 Å². The van der Waals surface area contributed by atoms with Gasteiger partial charge in [-0.15, -0.1) is 0 Å². The first kappa shape index (κ1) is 29.3. The van der Waals surface area contributed by atoms with E-state index in [1.165, 1.54) is 0 Å². The SMILES string of the molecule is Cc1ccc(C(C(=O)Nc2ccccc2C)N(CCO)C(=O)C(CC(N)=O)NC(=O)OC(C)(C)C)cc1. The number of aliphatic hydroxyl groups is 1. The summed E-state index contributed by atoms with van der Waals surface area (Å²) in [5, 5.41) is 15.1. The molecule has 0 spiro atoms. The molecule has 200 valence electrons. The summed E-state index contributed by atoms with van der Waals surface area (Å²) in [5.74, 6) is -2.14. The van der Waals surface area contributed by atoms with Crippen molar-refractivity contribution in [2.75, 3.05) is 18.5 Å². The van der Waals surface area contributed by atoms with Crippen molar-refractivity contribution in [3.05, 3.63) is 65.2 Å². The number of rotatable bonds is 10. The minimum atomic E-state index is -1.42. The van der Waals surface area contributed by atoms with Crippen molar-refractivity contribution >= 4 is 29.5 Å². The molecule has 5 N–H and O–H groups in total. The van der Waals surface area contributed by atoms with Gasteiger partial charge in [-0.05, 0) is 51.8 Å². The van der Waals surface area contributed by atoms with Crippen molar-refractivity contribution < 1.29 is 29.0 Å². The van der Waals surface area contributed by atoms with Gasteiger partial charge in [0.25, 0.3) is 5.91 Å². The Kier molecular flexibility index (Phi) is 10.2. The molecule has 37 heavy (non-hydrogen) atoms. The van der Waals surface area contributed by atoms with Crippen molar-refractivity contribution in [1.29, 1.82) is 0 Å². The Labute approximate surface area is 217 Å². The molecule has 4 amide bonds. The number of hydrogen-bond acceptors (Lipinski definition) is 6. The van der Waals surface area contributed by atoms with Crippen molar-refractivity contribution in [3.8, 4) is 0 Å². The van der Waals surface area contributed by atoms with Crippen LogP contribution in [0.4, 0.5) is 10.5 Å². The molecule has 0 fully saturated rings. The zero-order valence-corrected chi connectivity index (χ0v) is 21.9. The summed E-state index contributed by atoms with van der Waals surface area (Å²) in [5.41, 5.74) is 7.30. The Balaban J connectivity index is 2.50. The number of para-hydroxylation sites is 1. The average Bonchev–Trinajstić information content (AvgIpc) is 2.79. The number of carbonyl (C=O) groups is 4. The molecule has 0 aliphatic heterocycles. The van der Waals surface area contributed by atoms with Crippen LogP contribution in [0.5, 0.6) is 0 Å². The number of benzene rings is 2. The molecule has 0 aliphatic rings. The number of hydrogen-bond donors (Lipinski definition) is 4. The Morgan fingerprint density at radius 2 is 1.65 bits per heavy atom. The normalized spacial score (nSPS) is 12.7. The van der Waals surface area contributed by atoms with Crippen LogP contribution in [0.3, 0.4) is 0 Å². The van der Waals surface area contributed by atoms with E-state index in [4.69, 9.17) is 10.5 Å². The molecule has 2 aromatic rings. The minimum absolute atomic E-state index is 0.246. The Bertz CT molecular complexity index is 1110. The lowest BCUT2D eigenvalue weighted by Gasteiger charge is -2.34. The van der Waals surface area contributed by atoms with Crippen LogP contribution in [0, 0.1) is 13.8 Å². The van der Waals surface area contributed by atoms with E-state index in [-0.39, 0.29) is 6.54 Å². The number of nitrogens with one attached hydrogen (secondary N) is 2. The van der Waals surface area contributed by atoms with E-state index in [9.17, 15) is 24.3 Å². The quantitative estimate of drug-likeness (QED) is 0.384. The maximum atomic E-state index is 13.7. The smallest absolute Gasteiger partial charge is 0.408 e. The van der Waals surface area contributed by atoms with Crippen LogP contribution >= 0.6 is 0 Å². The number of anilines is 1. The number of ether oxygens (including phenoxy) is 1. The van der Waals surface area contributed by atoms with E-state index < -0.39 is 54.5 Å². The minimum Gasteiger partial charge on any atom is -0.444 e. The molecule has 0 saturated carbocycles. The predicted octanol–water partition coefficient (Wildman–Crippen LogP) is 2.57. The molecule has 0 heterocycles. The molecular weight excluding hydrogens is 476 g/mol. The highest BCUT2D eigenvalue weighted by atomic mass is 16.6. The summed E-state index contributed by atoms with van der Waals surface area (Å²) in [7, 11) is 0. The molecule has 0 bridgehead atoms. The van der Waals surface area contributed by atoms with Crippen molar-refractivity contribution in [2.24, 2.45) is 5.73 Å². The maximum Gasteiger partial charge on any atom is 0.408 e. The molecule has 10 heteroatoms. The summed E-state index contributed by atoms with van der Waals surface area (Å²) in [6, 6.07) is 11.6. The summed E-state index contributed by atoms with van der Waals surface area (Å²) in [6.45, 7) is 7.96. The largest absolute Gasteiger partial charge is 0.444 e. The van der Waals surface area contributed by atoms with Crippen molar-refractivity contribution in [2.45, 2.75) is 58.7 Å². The zero-order valence-electron chi connectivity index (χ0n) is 21.9. The van der Waals surface area contributed by atoms with Crippen molar-refractivity contribution in [3.63, 3.8) is 0 Å². The second kappa shape index (κ2) is 12.9. The number of alkyl carbamates (subject to hydrolysis) is 1. The monoisotopic (exact) mass is 512 g/mol. The third kappa shape index (κ3) is 8.91. The number of carbonyl (C=O) groups excluding carboxylic acids is 4. The van der Waals surface area contributed by atoms with E-state index >= 15 is 0 Å². The van der Waals surface area contributed by atoms with Gasteiger partial charge in [-0.3, -0.25) is 14.4 Å². The molecule has 2 aromatic carbocycles. The van der Waals surface area contributed by atoms with Gasteiger partial charge >= 0.3 is 6.09 Å². The Morgan fingerprint density at radius 1 is 1.03 bits per heavy atom. The van der Waals surface area contributed by atoms with Gasteiger partial charge in [-0.1, -0.05) is 48.0 Å². The van der Waals surface area contributed by atoms with Crippen LogP contribution < -0.4 is 16.4 Å². The Hall–Kier alpha value is -3.92. The summed E-state index contributed by atoms with van der Waals surface area (Å²) in [6.07, 6.45) is -1.45. The number of amides is 4. The maximum absolute atomic E-state index is 13.7. The highest BCUT2D eigenvalue weighted by Crippen LogP contribution is 2.26. The molecule has 0 radical (unpaired) electrons. The standard InChI is InChI=1S/C27H36N4O6/c1-17-10-12-19(13-11-17)23(24(34)29-20-9-7-6-8-18(20)2)31(14-15-32)25(35)21(16-22(28)33)30-26(36)37-27(3,4)5/h6-13,21,23,32H,14-16H2,1-5H3,(H2,28,33)(H,29,34)(H,30,36). The first-order valence-corrected chi connectivity index (χ1v) is 11.9. The fraction of sp³-hybridized carbons (Fsp3) is 0.407. The number of nitrogens with zero attached hydrogens (tertiary/aromatic N) is 1. The lowest BCUT2D eigenvalue weighted by atomic mass is 10.0. The second-order valence-electron chi connectivity index (χ2n) is 9.74. The van der Waals surface area contributed by atoms with Crippen LogP contribution in [0.15, 0.2) is 48.5 Å². The average molecular weight is 513 g/mol. The van der Waals surface area contributed by atoms with Gasteiger partial charge in [0.15, 0.2) is 0 Å². The van der Waals surface area contributed by atoms with Gasteiger partial charge in [0, 0.05) is 12.2 Å². The molecule has 10 nitrogen and oxygen atoms in total. The molecule has 2 unspecified atom stereocenters. The topological polar surface area (TPSA) is 151 Å². The Morgan fingerprint density at radius 3 is 2.19 bits per heavy atom. The summed E-state index contributed by atoms with van der Waals surface area (Å²) in [4.78, 5) is 52.7. The summed E-state index contributed by atoms with van der Waals surface area (Å²) >= 11 is 0. The van der Waals surface area contributed by atoms with Gasteiger partial charge in [0.2, 0.25) is 11.8 Å². The van der Waals surface area contributed by atoms with Gasteiger partial charge < -0.3 is 31.1 Å². The van der Waals surface area contributed by atoms with E-state index in [2.05, 4.69) is 10.6 Å². The van der Waals surface area contributed by atoms with Crippen LogP contribution in [-0.4, -0.2) is 58.6 Å². The molecular formula is C27H36N4O6. The van der Waals surface area contributed by atoms with E-state index in [0.717, 1.165) is 16.0 Å². The van der Waals surface area contributed by atoms with Gasteiger partial charge in [0.1, 0.15) is 17.7 Å². The third-order valence-corrected chi connectivity index (χ3v) is 5.37. The van der Waals surface area contributed by atoms with E-state index in [1.54, 1.807) is 57.2 Å². The van der Waals surface area contributed by atoms with E-state index in [0.29, 0.717) is 11.3 Å². The number of aliphatic hydroxyl groups excluding tert-OH is 1. The van der Waals surface area contributed by atoms with Crippen LogP contribution in [0.2, 0.25) is 0 Å². The zero-order chi connectivity index (χ0) is 27.8. The second-order valence-corrected chi connectivity index (χ2v) is 9.74. The highest BCUT2D eigenvalue weighted by molar-refractivity contribution is 6.00. The number of nitrogens with two attached hydrogens (primary N) is 1. The molecule has 0 saturated heterocycles. The summed E-state index contributed by atoms with van der Waals surface area (Å²) < 4.78 is 5.24. The lowest BCUT2D eigenvalue weighted by molar-refractivity contribution is -0.142. The van der Waals surface area contributed by atoms with Gasteiger partial charge in [0.05, 0.1) is 13.0 Å². The molecule has 2 atom stereocenters. The van der Waals surface area contributed by atoms with Crippen molar-refractivity contribution in [1.82, 2.24) is 10.2 Å². The van der Waals surface area contributed by atoms with Gasteiger partial charge in [-0.2, -0.15) is 0 Å². The van der Waals surface area contributed by atoms with E-state index in [1.807, 2.05) is 26.0 Å². The fourth-order valence-corrected chi connectivity index (χ4v) is 3.66. The lowest BCUT2D eigenvalue weighted by Crippen LogP contribution is -2.54. The molecule has 0 aliphatic carbocycles.